The fourth-order valence-corrected chi connectivity index (χ4v) is 1.72. The van der Waals surface area contributed by atoms with Gasteiger partial charge in [-0.05, 0) is 12.8 Å². The van der Waals surface area contributed by atoms with E-state index >= 15 is 0 Å². The zero-order chi connectivity index (χ0) is 9.47. The average molecular weight is 181 g/mol. The van der Waals surface area contributed by atoms with Gasteiger partial charge in [0.1, 0.15) is 0 Å². The monoisotopic (exact) mass is 181 g/mol. The molecule has 4 heteroatoms. The van der Waals surface area contributed by atoms with Gasteiger partial charge in [0, 0.05) is 30.8 Å². The summed E-state index contributed by atoms with van der Waals surface area (Å²) in [5.74, 6) is 0.727. The summed E-state index contributed by atoms with van der Waals surface area (Å²) in [6, 6.07) is 0. The molecule has 0 spiro atoms. The van der Waals surface area contributed by atoms with E-state index in [1.807, 2.05) is 13.2 Å². The molecule has 2 N–H and O–H groups in total. The lowest BCUT2D eigenvalue weighted by atomic mass is 9.99. The largest absolute Gasteiger partial charge is 0.480 e. The van der Waals surface area contributed by atoms with Crippen molar-refractivity contribution in [2.45, 2.75) is 18.3 Å². The molecular formula is C9H15N3O. The maximum absolute atomic E-state index is 5.74. The van der Waals surface area contributed by atoms with Crippen LogP contribution in [0.3, 0.4) is 0 Å². The molecule has 0 atom stereocenters. The summed E-state index contributed by atoms with van der Waals surface area (Å²) in [6.45, 7) is 0.690. The molecule has 1 aromatic heterocycles. The van der Waals surface area contributed by atoms with Gasteiger partial charge in [-0.15, -0.1) is 5.10 Å². The van der Waals surface area contributed by atoms with Crippen LogP contribution in [0.2, 0.25) is 0 Å². The van der Waals surface area contributed by atoms with Crippen molar-refractivity contribution in [2.24, 2.45) is 12.8 Å². The molecule has 0 bridgehead atoms. The van der Waals surface area contributed by atoms with Crippen LogP contribution in [0.25, 0.3) is 0 Å². The number of aryl methyl sites for hydroxylation is 1. The highest BCUT2D eigenvalue weighted by Crippen LogP contribution is 2.49. The molecule has 0 aliphatic heterocycles. The van der Waals surface area contributed by atoms with Gasteiger partial charge in [0.15, 0.2) is 0 Å². The molecule has 0 unspecified atom stereocenters. The van der Waals surface area contributed by atoms with Crippen molar-refractivity contribution in [3.05, 3.63) is 11.8 Å². The first kappa shape index (κ1) is 8.56. The Labute approximate surface area is 77.7 Å². The summed E-state index contributed by atoms with van der Waals surface area (Å²) in [4.78, 5) is 0. The molecule has 1 heterocycles. The zero-order valence-corrected chi connectivity index (χ0v) is 8.08. The van der Waals surface area contributed by atoms with Gasteiger partial charge in [0.2, 0.25) is 5.88 Å². The van der Waals surface area contributed by atoms with Crippen LogP contribution in [-0.4, -0.2) is 23.4 Å². The van der Waals surface area contributed by atoms with Crippen molar-refractivity contribution >= 4 is 0 Å². The quantitative estimate of drug-likeness (QED) is 0.735. The van der Waals surface area contributed by atoms with Gasteiger partial charge in [-0.2, -0.15) is 0 Å². The molecule has 0 saturated heterocycles. The minimum atomic E-state index is 0.166. The Bertz CT molecular complexity index is 315. The molecule has 1 aliphatic carbocycles. The SMILES string of the molecule is COc1nn(C)cc1C1(CN)CC1. The van der Waals surface area contributed by atoms with Crippen LogP contribution < -0.4 is 10.5 Å². The van der Waals surface area contributed by atoms with E-state index in [1.54, 1.807) is 11.8 Å². The smallest absolute Gasteiger partial charge is 0.236 e. The van der Waals surface area contributed by atoms with Crippen molar-refractivity contribution < 1.29 is 4.74 Å². The molecule has 0 aromatic carbocycles. The Morgan fingerprint density at radius 3 is 2.85 bits per heavy atom. The van der Waals surface area contributed by atoms with Crippen LogP contribution in [0.1, 0.15) is 18.4 Å². The van der Waals surface area contributed by atoms with E-state index in [4.69, 9.17) is 10.5 Å². The lowest BCUT2D eigenvalue weighted by Crippen LogP contribution is -2.19. The van der Waals surface area contributed by atoms with Crippen LogP contribution in [0.4, 0.5) is 0 Å². The normalized spacial score (nSPS) is 18.7. The van der Waals surface area contributed by atoms with Crippen LogP contribution in [0.5, 0.6) is 5.88 Å². The summed E-state index contributed by atoms with van der Waals surface area (Å²) in [5.41, 5.74) is 7.07. The highest BCUT2D eigenvalue weighted by molar-refractivity contribution is 5.37. The fourth-order valence-electron chi connectivity index (χ4n) is 1.72. The predicted molar refractivity (Wildman–Crippen MR) is 49.7 cm³/mol. The first-order valence-corrected chi connectivity index (χ1v) is 4.50. The summed E-state index contributed by atoms with van der Waals surface area (Å²) < 4.78 is 6.99. The summed E-state index contributed by atoms with van der Waals surface area (Å²) in [5, 5.41) is 4.22. The van der Waals surface area contributed by atoms with Gasteiger partial charge >= 0.3 is 0 Å². The van der Waals surface area contributed by atoms with Crippen molar-refractivity contribution in [2.75, 3.05) is 13.7 Å². The Hall–Kier alpha value is -1.03. The number of ether oxygens (including phenoxy) is 1. The van der Waals surface area contributed by atoms with Crippen LogP contribution in [-0.2, 0) is 12.5 Å². The van der Waals surface area contributed by atoms with E-state index in [0.29, 0.717) is 6.54 Å². The van der Waals surface area contributed by atoms with Crippen LogP contribution in [0.15, 0.2) is 6.20 Å². The second-order valence-corrected chi connectivity index (χ2v) is 3.71. The molecule has 13 heavy (non-hydrogen) atoms. The lowest BCUT2D eigenvalue weighted by Gasteiger charge is -2.10. The van der Waals surface area contributed by atoms with Crippen molar-refractivity contribution in [1.29, 1.82) is 0 Å². The van der Waals surface area contributed by atoms with Gasteiger partial charge in [0.25, 0.3) is 0 Å². The van der Waals surface area contributed by atoms with Crippen LogP contribution >= 0.6 is 0 Å². The third-order valence-electron chi connectivity index (χ3n) is 2.80. The van der Waals surface area contributed by atoms with E-state index < -0.39 is 0 Å². The average Bonchev–Trinajstić information content (AvgIpc) is 2.84. The first-order valence-electron chi connectivity index (χ1n) is 4.50. The van der Waals surface area contributed by atoms with Crippen molar-refractivity contribution in [1.82, 2.24) is 9.78 Å². The molecule has 1 aliphatic rings. The fraction of sp³-hybridized carbons (Fsp3) is 0.667. The third-order valence-corrected chi connectivity index (χ3v) is 2.80. The highest BCUT2D eigenvalue weighted by atomic mass is 16.5. The number of nitrogens with two attached hydrogens (primary N) is 1. The van der Waals surface area contributed by atoms with Gasteiger partial charge in [-0.3, -0.25) is 4.68 Å². The zero-order valence-electron chi connectivity index (χ0n) is 8.08. The van der Waals surface area contributed by atoms with E-state index in [9.17, 15) is 0 Å². The number of hydrogen-bond donors (Lipinski definition) is 1. The van der Waals surface area contributed by atoms with Crippen LogP contribution in [0, 0.1) is 0 Å². The highest BCUT2D eigenvalue weighted by Gasteiger charge is 2.46. The molecule has 1 aromatic rings. The number of nitrogens with zero attached hydrogens (tertiary/aromatic N) is 2. The topological polar surface area (TPSA) is 53.1 Å². The maximum atomic E-state index is 5.74. The number of rotatable bonds is 3. The molecule has 0 amide bonds. The standard InChI is InChI=1S/C9H15N3O/c1-12-5-7(8(11-12)13-2)9(6-10)3-4-9/h5H,3-4,6,10H2,1-2H3. The molecule has 2 rings (SSSR count). The second kappa shape index (κ2) is 2.73. The lowest BCUT2D eigenvalue weighted by molar-refractivity contribution is 0.383. The van der Waals surface area contributed by atoms with Gasteiger partial charge in [-0.1, -0.05) is 0 Å². The Morgan fingerprint density at radius 1 is 1.69 bits per heavy atom. The van der Waals surface area contributed by atoms with Gasteiger partial charge in [0.05, 0.1) is 7.11 Å². The maximum Gasteiger partial charge on any atom is 0.236 e. The van der Waals surface area contributed by atoms with E-state index in [1.165, 1.54) is 5.56 Å². The predicted octanol–water partition coefficient (Wildman–Crippen LogP) is 0.419. The molecule has 4 nitrogen and oxygen atoms in total. The molecule has 0 radical (unpaired) electrons. The Morgan fingerprint density at radius 2 is 2.38 bits per heavy atom. The van der Waals surface area contributed by atoms with E-state index in [0.717, 1.165) is 18.7 Å². The number of hydrogen-bond acceptors (Lipinski definition) is 3. The minimum absolute atomic E-state index is 0.166. The first-order chi connectivity index (χ1) is 6.22. The third kappa shape index (κ3) is 1.21. The van der Waals surface area contributed by atoms with E-state index in [2.05, 4.69) is 5.10 Å². The molecule has 1 saturated carbocycles. The Balaban J connectivity index is 2.38. The van der Waals surface area contributed by atoms with Crippen molar-refractivity contribution in [3.63, 3.8) is 0 Å². The second-order valence-electron chi connectivity index (χ2n) is 3.71. The van der Waals surface area contributed by atoms with Gasteiger partial charge in [-0.25, -0.2) is 0 Å². The van der Waals surface area contributed by atoms with Gasteiger partial charge < -0.3 is 10.5 Å². The van der Waals surface area contributed by atoms with Crippen molar-refractivity contribution in [3.8, 4) is 5.88 Å². The van der Waals surface area contributed by atoms with E-state index in [-0.39, 0.29) is 5.41 Å². The molecule has 1 fully saturated rings. The number of methoxy groups -OCH3 is 1. The summed E-state index contributed by atoms with van der Waals surface area (Å²) in [7, 11) is 3.55. The molecular weight excluding hydrogens is 166 g/mol. The summed E-state index contributed by atoms with van der Waals surface area (Å²) >= 11 is 0. The summed E-state index contributed by atoms with van der Waals surface area (Å²) in [6.07, 6.45) is 4.33. The Kier molecular flexibility index (Phi) is 1.80. The minimum Gasteiger partial charge on any atom is -0.480 e. The number of aromatic nitrogens is 2. The molecule has 72 valence electrons.